The summed E-state index contributed by atoms with van der Waals surface area (Å²) < 4.78 is 14.8. The molecule has 2 aromatic heterocycles. The molecule has 0 spiro atoms. The van der Waals surface area contributed by atoms with Gasteiger partial charge in [0.25, 0.3) is 5.91 Å². The van der Waals surface area contributed by atoms with E-state index >= 15 is 0 Å². The minimum absolute atomic E-state index is 0.0982. The highest BCUT2D eigenvalue weighted by atomic mass is 32.1. The number of nitrogens with zero attached hydrogens (tertiary/aromatic N) is 3. The molecule has 0 aliphatic heterocycles. The highest BCUT2D eigenvalue weighted by Crippen LogP contribution is 2.26. The van der Waals surface area contributed by atoms with Crippen molar-refractivity contribution in [2.24, 2.45) is 0 Å². The lowest BCUT2D eigenvalue weighted by Gasteiger charge is -2.04. The van der Waals surface area contributed by atoms with Crippen LogP contribution in [-0.2, 0) is 6.54 Å². The fourth-order valence-electron chi connectivity index (χ4n) is 2.80. The fourth-order valence-corrected chi connectivity index (χ4v) is 3.58. The quantitative estimate of drug-likeness (QED) is 0.435. The Balaban J connectivity index is 1.49. The summed E-state index contributed by atoms with van der Waals surface area (Å²) in [5, 5.41) is 19.9. The zero-order chi connectivity index (χ0) is 20.2. The van der Waals surface area contributed by atoms with Crippen molar-refractivity contribution in [2.45, 2.75) is 6.54 Å². The molecule has 0 radical (unpaired) electrons. The minimum atomic E-state index is -0.261. The molecule has 4 rings (SSSR count). The van der Waals surface area contributed by atoms with Crippen LogP contribution in [0, 0.1) is 5.82 Å². The van der Waals surface area contributed by atoms with Crippen molar-refractivity contribution in [1.82, 2.24) is 19.9 Å². The summed E-state index contributed by atoms with van der Waals surface area (Å²) in [6.45, 7) is 0.652. The van der Waals surface area contributed by atoms with Crippen molar-refractivity contribution in [1.29, 1.82) is 0 Å². The van der Waals surface area contributed by atoms with E-state index in [9.17, 15) is 9.18 Å². The number of aliphatic hydroxyl groups excluding tert-OH is 1. The van der Waals surface area contributed by atoms with E-state index in [1.807, 2.05) is 12.1 Å². The molecule has 0 fully saturated rings. The number of amides is 1. The second-order valence-corrected chi connectivity index (χ2v) is 7.24. The molecule has 2 heterocycles. The highest BCUT2D eigenvalue weighted by molar-refractivity contribution is 7.20. The zero-order valence-electron chi connectivity index (χ0n) is 15.3. The number of anilines is 1. The van der Waals surface area contributed by atoms with Crippen molar-refractivity contribution in [3.05, 3.63) is 71.7 Å². The van der Waals surface area contributed by atoms with Gasteiger partial charge in [-0.2, -0.15) is 0 Å². The predicted octanol–water partition coefficient (Wildman–Crippen LogP) is 2.93. The standard InChI is InChI=1S/C20H18FN5O2S/c21-16-7-1-13(2-8-16)11-23-19-25-26-17(12-24-20(26)29-19)14-3-5-15(6-4-14)18(28)22-9-10-27/h1-8,12,27H,9-11H2,(H,22,28)(H,23,25). The summed E-state index contributed by atoms with van der Waals surface area (Å²) in [5.41, 5.74) is 3.16. The number of fused-ring (bicyclic) bond motifs is 1. The first-order valence-electron chi connectivity index (χ1n) is 8.96. The highest BCUT2D eigenvalue weighted by Gasteiger charge is 2.12. The Bertz CT molecular complexity index is 1120. The molecule has 7 nitrogen and oxygen atoms in total. The fraction of sp³-hybridized carbons (Fsp3) is 0.150. The molecule has 0 saturated carbocycles. The number of benzene rings is 2. The number of nitrogens with one attached hydrogen (secondary N) is 2. The molecule has 0 aliphatic rings. The third-order valence-electron chi connectivity index (χ3n) is 4.28. The number of hydrogen-bond acceptors (Lipinski definition) is 6. The van der Waals surface area contributed by atoms with Crippen molar-refractivity contribution in [3.63, 3.8) is 0 Å². The van der Waals surface area contributed by atoms with Crippen molar-refractivity contribution >= 4 is 27.3 Å². The molecule has 0 bridgehead atoms. The van der Waals surface area contributed by atoms with Gasteiger partial charge in [0, 0.05) is 24.2 Å². The van der Waals surface area contributed by atoms with E-state index in [1.54, 1.807) is 35.0 Å². The van der Waals surface area contributed by atoms with Crippen LogP contribution < -0.4 is 10.6 Å². The van der Waals surface area contributed by atoms with Gasteiger partial charge < -0.3 is 15.7 Å². The predicted molar refractivity (Wildman–Crippen MR) is 109 cm³/mol. The Morgan fingerprint density at radius 1 is 1.14 bits per heavy atom. The second-order valence-electron chi connectivity index (χ2n) is 6.28. The summed E-state index contributed by atoms with van der Waals surface area (Å²) in [6, 6.07) is 13.4. The molecule has 29 heavy (non-hydrogen) atoms. The molecule has 0 atom stereocenters. The molecule has 148 valence electrons. The molecular weight excluding hydrogens is 393 g/mol. The van der Waals surface area contributed by atoms with Crippen LogP contribution in [-0.4, -0.2) is 38.8 Å². The minimum Gasteiger partial charge on any atom is -0.395 e. The maximum absolute atomic E-state index is 13.0. The number of aromatic nitrogens is 3. The summed E-state index contributed by atoms with van der Waals surface area (Å²) >= 11 is 1.42. The Kier molecular flexibility index (Phi) is 5.50. The van der Waals surface area contributed by atoms with Gasteiger partial charge in [-0.15, -0.1) is 5.10 Å². The Hall–Kier alpha value is -3.30. The molecular formula is C20H18FN5O2S. The maximum atomic E-state index is 13.0. The number of hydrogen-bond donors (Lipinski definition) is 3. The van der Waals surface area contributed by atoms with E-state index in [4.69, 9.17) is 5.11 Å². The smallest absolute Gasteiger partial charge is 0.251 e. The van der Waals surface area contributed by atoms with Crippen LogP contribution >= 0.6 is 11.3 Å². The van der Waals surface area contributed by atoms with Crippen molar-refractivity contribution < 1.29 is 14.3 Å². The summed E-state index contributed by atoms with van der Waals surface area (Å²) in [6.07, 6.45) is 1.74. The molecule has 2 aromatic carbocycles. The van der Waals surface area contributed by atoms with Crippen molar-refractivity contribution in [3.8, 4) is 11.3 Å². The van der Waals surface area contributed by atoms with Gasteiger partial charge in [-0.25, -0.2) is 13.9 Å². The summed E-state index contributed by atoms with van der Waals surface area (Å²) in [5.74, 6) is -0.493. The lowest BCUT2D eigenvalue weighted by Crippen LogP contribution is -2.26. The second kappa shape index (κ2) is 8.38. The van der Waals surface area contributed by atoms with Crippen LogP contribution in [0.4, 0.5) is 9.52 Å². The van der Waals surface area contributed by atoms with Crippen LogP contribution in [0.1, 0.15) is 15.9 Å². The van der Waals surface area contributed by atoms with Gasteiger partial charge in [0.15, 0.2) is 0 Å². The SMILES string of the molecule is O=C(NCCO)c1ccc(-c2cnc3sc(NCc4ccc(F)cc4)nn23)cc1. The van der Waals surface area contributed by atoms with E-state index in [0.29, 0.717) is 17.2 Å². The number of imidazole rings is 1. The average molecular weight is 411 g/mol. The summed E-state index contributed by atoms with van der Waals surface area (Å²) in [4.78, 5) is 17.1. The van der Waals surface area contributed by atoms with Gasteiger partial charge in [-0.05, 0) is 29.8 Å². The van der Waals surface area contributed by atoms with Crippen LogP contribution in [0.5, 0.6) is 0 Å². The number of aliphatic hydroxyl groups is 1. The average Bonchev–Trinajstić information content (AvgIpc) is 3.32. The van der Waals surface area contributed by atoms with E-state index < -0.39 is 0 Å². The van der Waals surface area contributed by atoms with Crippen LogP contribution in [0.15, 0.2) is 54.7 Å². The number of carbonyl (C=O) groups is 1. The third-order valence-corrected chi connectivity index (χ3v) is 5.16. The molecule has 0 saturated heterocycles. The van der Waals surface area contributed by atoms with E-state index in [0.717, 1.165) is 21.8 Å². The molecule has 1 amide bonds. The monoisotopic (exact) mass is 411 g/mol. The largest absolute Gasteiger partial charge is 0.395 e. The van der Waals surface area contributed by atoms with Gasteiger partial charge in [-0.3, -0.25) is 4.79 Å². The molecule has 3 N–H and O–H groups in total. The lowest BCUT2D eigenvalue weighted by molar-refractivity contribution is 0.0945. The van der Waals surface area contributed by atoms with Gasteiger partial charge in [0.2, 0.25) is 10.1 Å². The van der Waals surface area contributed by atoms with Crippen molar-refractivity contribution in [2.75, 3.05) is 18.5 Å². The maximum Gasteiger partial charge on any atom is 0.251 e. The normalized spacial score (nSPS) is 11.0. The first kappa shape index (κ1) is 19.0. The number of halogens is 1. The Labute approximate surface area is 169 Å². The zero-order valence-corrected chi connectivity index (χ0v) is 16.1. The van der Waals surface area contributed by atoms with Crippen LogP contribution in [0.2, 0.25) is 0 Å². The van der Waals surface area contributed by atoms with Gasteiger partial charge in [0.1, 0.15) is 5.82 Å². The van der Waals surface area contributed by atoms with E-state index in [1.165, 1.54) is 23.5 Å². The van der Waals surface area contributed by atoms with E-state index in [-0.39, 0.29) is 24.9 Å². The van der Waals surface area contributed by atoms with Crippen LogP contribution in [0.3, 0.4) is 0 Å². The Morgan fingerprint density at radius 3 is 2.62 bits per heavy atom. The summed E-state index contributed by atoms with van der Waals surface area (Å²) in [7, 11) is 0. The van der Waals surface area contributed by atoms with E-state index in [2.05, 4.69) is 20.7 Å². The Morgan fingerprint density at radius 2 is 1.90 bits per heavy atom. The molecule has 9 heteroatoms. The molecule has 0 aliphatic carbocycles. The number of carbonyl (C=O) groups excluding carboxylic acids is 1. The topological polar surface area (TPSA) is 91.5 Å². The molecule has 0 unspecified atom stereocenters. The number of rotatable bonds is 7. The van der Waals surface area contributed by atoms with Gasteiger partial charge >= 0.3 is 0 Å². The first-order chi connectivity index (χ1) is 14.1. The first-order valence-corrected chi connectivity index (χ1v) is 9.78. The van der Waals surface area contributed by atoms with Gasteiger partial charge in [-0.1, -0.05) is 35.6 Å². The molecule has 4 aromatic rings. The lowest BCUT2D eigenvalue weighted by atomic mass is 10.1. The van der Waals surface area contributed by atoms with Gasteiger partial charge in [0.05, 0.1) is 18.5 Å². The third kappa shape index (κ3) is 4.25. The van der Waals surface area contributed by atoms with Crippen LogP contribution in [0.25, 0.3) is 16.2 Å².